The van der Waals surface area contributed by atoms with Crippen molar-refractivity contribution >= 4 is 17.4 Å². The fourth-order valence-corrected chi connectivity index (χ4v) is 4.52. The Morgan fingerprint density at radius 1 is 0.838 bits per heavy atom. The van der Waals surface area contributed by atoms with Crippen molar-refractivity contribution in [3.05, 3.63) is 89.0 Å². The maximum atomic E-state index is 13.4. The van der Waals surface area contributed by atoms with Gasteiger partial charge in [-0.1, -0.05) is 30.3 Å². The second-order valence-electron chi connectivity index (χ2n) is 8.42. The molecule has 1 heterocycles. The van der Waals surface area contributed by atoms with Crippen molar-refractivity contribution in [3.8, 4) is 23.0 Å². The lowest BCUT2D eigenvalue weighted by Gasteiger charge is -2.26. The van der Waals surface area contributed by atoms with Gasteiger partial charge in [0.15, 0.2) is 11.5 Å². The Hall–Kier alpha value is -4.46. The zero-order chi connectivity index (χ0) is 26.5. The van der Waals surface area contributed by atoms with Crippen molar-refractivity contribution in [2.75, 3.05) is 35.0 Å². The van der Waals surface area contributed by atoms with E-state index < -0.39 is 17.7 Å². The molecule has 192 valence electrons. The van der Waals surface area contributed by atoms with Gasteiger partial charge in [-0.15, -0.1) is 0 Å². The molecule has 8 heteroatoms. The molecule has 0 bridgehead atoms. The second kappa shape index (κ2) is 11.1. The van der Waals surface area contributed by atoms with Gasteiger partial charge in [-0.05, 0) is 53.9 Å². The highest BCUT2D eigenvalue weighted by Gasteiger charge is 2.46. The number of aliphatic hydroxyl groups is 1. The molecule has 1 fully saturated rings. The third kappa shape index (κ3) is 4.95. The standard InChI is InChI=1S/C29H29NO7/c1-34-21-12-10-19(11-13-21)26(31)24-25(20-16-22(35-2)28(37-4)23(17-20)36-3)30(29(33)27(24)32)15-14-18-8-6-5-7-9-18/h5-13,16-17,25,31H,14-15H2,1-4H3/t25-/m0/s1. The summed E-state index contributed by atoms with van der Waals surface area (Å²) in [6, 6.07) is 18.8. The predicted octanol–water partition coefficient (Wildman–Crippen LogP) is 4.39. The van der Waals surface area contributed by atoms with Crippen LogP contribution in [0.2, 0.25) is 0 Å². The van der Waals surface area contributed by atoms with Crippen LogP contribution in [0.15, 0.2) is 72.3 Å². The molecule has 37 heavy (non-hydrogen) atoms. The molecular weight excluding hydrogens is 474 g/mol. The predicted molar refractivity (Wildman–Crippen MR) is 138 cm³/mol. The van der Waals surface area contributed by atoms with Gasteiger partial charge in [0.1, 0.15) is 11.5 Å². The van der Waals surface area contributed by atoms with E-state index in [1.165, 1.54) is 33.3 Å². The average molecular weight is 504 g/mol. The Labute approximate surface area is 215 Å². The minimum Gasteiger partial charge on any atom is -0.507 e. The molecule has 0 aromatic heterocycles. The third-order valence-electron chi connectivity index (χ3n) is 6.39. The minimum atomic E-state index is -0.875. The van der Waals surface area contributed by atoms with Crippen LogP contribution in [-0.4, -0.2) is 56.7 Å². The number of hydrogen-bond acceptors (Lipinski definition) is 7. The largest absolute Gasteiger partial charge is 0.507 e. The summed E-state index contributed by atoms with van der Waals surface area (Å²) in [7, 11) is 6.02. The zero-order valence-corrected chi connectivity index (χ0v) is 21.2. The Kier molecular flexibility index (Phi) is 7.67. The zero-order valence-electron chi connectivity index (χ0n) is 21.2. The average Bonchev–Trinajstić information content (AvgIpc) is 3.20. The van der Waals surface area contributed by atoms with Crippen LogP contribution in [0, 0.1) is 0 Å². The van der Waals surface area contributed by atoms with Gasteiger partial charge in [-0.2, -0.15) is 0 Å². The summed E-state index contributed by atoms with van der Waals surface area (Å²) in [5.41, 5.74) is 1.93. The first-order valence-electron chi connectivity index (χ1n) is 11.7. The molecule has 1 saturated heterocycles. The van der Waals surface area contributed by atoms with Crippen LogP contribution in [0.3, 0.4) is 0 Å². The van der Waals surface area contributed by atoms with Crippen molar-refractivity contribution < 1.29 is 33.6 Å². The molecule has 1 aliphatic heterocycles. The number of Topliss-reactive ketones (excluding diaryl/α,β-unsaturated/α-hetero) is 1. The second-order valence-corrected chi connectivity index (χ2v) is 8.42. The smallest absolute Gasteiger partial charge is 0.295 e. The monoisotopic (exact) mass is 503 g/mol. The summed E-state index contributed by atoms with van der Waals surface area (Å²) in [4.78, 5) is 28.1. The van der Waals surface area contributed by atoms with E-state index in [4.69, 9.17) is 18.9 Å². The molecular formula is C29H29NO7. The molecule has 3 aromatic rings. The number of aliphatic hydroxyl groups excluding tert-OH is 1. The lowest BCUT2D eigenvalue weighted by molar-refractivity contribution is -0.139. The number of ketones is 1. The van der Waals surface area contributed by atoms with E-state index in [2.05, 4.69) is 0 Å². The van der Waals surface area contributed by atoms with Gasteiger partial charge in [0.05, 0.1) is 40.1 Å². The molecule has 0 radical (unpaired) electrons. The molecule has 1 aliphatic rings. The van der Waals surface area contributed by atoms with E-state index in [9.17, 15) is 14.7 Å². The molecule has 1 N–H and O–H groups in total. The highest BCUT2D eigenvalue weighted by Crippen LogP contribution is 2.45. The highest BCUT2D eigenvalue weighted by atomic mass is 16.5. The topological polar surface area (TPSA) is 94.5 Å². The van der Waals surface area contributed by atoms with Crippen LogP contribution in [0.4, 0.5) is 0 Å². The van der Waals surface area contributed by atoms with E-state index >= 15 is 0 Å². The number of ether oxygens (including phenoxy) is 4. The lowest BCUT2D eigenvalue weighted by Crippen LogP contribution is -2.31. The molecule has 0 saturated carbocycles. The van der Waals surface area contributed by atoms with E-state index in [1.807, 2.05) is 30.3 Å². The van der Waals surface area contributed by atoms with E-state index in [-0.39, 0.29) is 17.9 Å². The summed E-state index contributed by atoms with van der Waals surface area (Å²) in [5.74, 6) is -0.0112. The van der Waals surface area contributed by atoms with Gasteiger partial charge in [0.2, 0.25) is 5.75 Å². The summed E-state index contributed by atoms with van der Waals surface area (Å²) in [5, 5.41) is 11.3. The van der Waals surface area contributed by atoms with Crippen molar-refractivity contribution in [1.82, 2.24) is 4.90 Å². The van der Waals surface area contributed by atoms with Gasteiger partial charge in [0.25, 0.3) is 11.7 Å². The van der Waals surface area contributed by atoms with E-state index in [1.54, 1.807) is 36.4 Å². The van der Waals surface area contributed by atoms with Gasteiger partial charge in [0, 0.05) is 12.1 Å². The fourth-order valence-electron chi connectivity index (χ4n) is 4.52. The number of nitrogens with zero attached hydrogens (tertiary/aromatic N) is 1. The van der Waals surface area contributed by atoms with Crippen molar-refractivity contribution in [1.29, 1.82) is 0 Å². The SMILES string of the molecule is COc1ccc(C(O)=C2C(=O)C(=O)N(CCc3ccccc3)[C@H]2c2cc(OC)c(OC)c(OC)c2)cc1. The van der Waals surface area contributed by atoms with Crippen molar-refractivity contribution in [3.63, 3.8) is 0 Å². The van der Waals surface area contributed by atoms with Gasteiger partial charge in [-0.25, -0.2) is 0 Å². The number of benzene rings is 3. The quantitative estimate of drug-likeness (QED) is 0.263. The third-order valence-corrected chi connectivity index (χ3v) is 6.39. The van der Waals surface area contributed by atoms with Crippen LogP contribution >= 0.6 is 0 Å². The molecule has 1 atom stereocenters. The van der Waals surface area contributed by atoms with Crippen LogP contribution in [-0.2, 0) is 16.0 Å². The Morgan fingerprint density at radius 3 is 2.00 bits per heavy atom. The number of amides is 1. The number of rotatable bonds is 9. The van der Waals surface area contributed by atoms with Crippen LogP contribution in [0.1, 0.15) is 22.7 Å². The minimum absolute atomic E-state index is 0.0162. The fraction of sp³-hybridized carbons (Fsp3) is 0.241. The molecule has 4 rings (SSSR count). The normalized spacial score (nSPS) is 16.5. The molecule has 3 aromatic carbocycles. The van der Waals surface area contributed by atoms with Crippen LogP contribution in [0.5, 0.6) is 23.0 Å². The molecule has 0 unspecified atom stereocenters. The van der Waals surface area contributed by atoms with Crippen LogP contribution in [0.25, 0.3) is 5.76 Å². The summed E-state index contributed by atoms with van der Waals surface area (Å²) in [6.45, 7) is 0.259. The Balaban J connectivity index is 1.87. The Bertz CT molecular complexity index is 1290. The number of carbonyl (C=O) groups excluding carboxylic acids is 2. The number of likely N-dealkylation sites (tertiary alicyclic amines) is 1. The molecule has 0 spiro atoms. The molecule has 0 aliphatic carbocycles. The summed E-state index contributed by atoms with van der Waals surface area (Å²) in [6.07, 6.45) is 0.525. The summed E-state index contributed by atoms with van der Waals surface area (Å²) >= 11 is 0. The number of carbonyl (C=O) groups is 2. The van der Waals surface area contributed by atoms with Gasteiger partial charge in [-0.3, -0.25) is 9.59 Å². The first kappa shape index (κ1) is 25.6. The maximum absolute atomic E-state index is 13.4. The summed E-state index contributed by atoms with van der Waals surface area (Å²) < 4.78 is 21.7. The van der Waals surface area contributed by atoms with Crippen molar-refractivity contribution in [2.24, 2.45) is 0 Å². The molecule has 8 nitrogen and oxygen atoms in total. The number of hydrogen-bond donors (Lipinski definition) is 1. The van der Waals surface area contributed by atoms with E-state index in [0.717, 1.165) is 5.56 Å². The maximum Gasteiger partial charge on any atom is 0.295 e. The van der Waals surface area contributed by atoms with Gasteiger partial charge >= 0.3 is 0 Å². The Morgan fingerprint density at radius 2 is 1.46 bits per heavy atom. The van der Waals surface area contributed by atoms with Crippen LogP contribution < -0.4 is 18.9 Å². The van der Waals surface area contributed by atoms with Crippen molar-refractivity contribution in [2.45, 2.75) is 12.5 Å². The lowest BCUT2D eigenvalue weighted by atomic mass is 9.94. The van der Waals surface area contributed by atoms with Gasteiger partial charge < -0.3 is 29.0 Å². The number of methoxy groups -OCH3 is 4. The first-order valence-corrected chi connectivity index (χ1v) is 11.7. The highest BCUT2D eigenvalue weighted by molar-refractivity contribution is 6.46. The van der Waals surface area contributed by atoms with E-state index in [0.29, 0.717) is 40.5 Å². The first-order chi connectivity index (χ1) is 17.9. The molecule has 1 amide bonds.